The second-order valence-corrected chi connectivity index (χ2v) is 6.42. The summed E-state index contributed by atoms with van der Waals surface area (Å²) in [5.41, 5.74) is 0.645. The number of aliphatic hydroxyl groups is 1. The molecule has 0 saturated heterocycles. The number of aryl methyl sites for hydroxylation is 2. The van der Waals surface area contributed by atoms with Gasteiger partial charge < -0.3 is 15.7 Å². The number of halogens is 1. The van der Waals surface area contributed by atoms with Crippen LogP contribution in [0.2, 0.25) is 0 Å². The Morgan fingerprint density at radius 1 is 1.42 bits per heavy atom. The molecule has 0 fully saturated rings. The average Bonchev–Trinajstić information content (AvgIpc) is 2.99. The third kappa shape index (κ3) is 4.57. The van der Waals surface area contributed by atoms with E-state index in [4.69, 9.17) is 0 Å². The highest BCUT2D eigenvalue weighted by atomic mass is 19.1. The highest BCUT2D eigenvalue weighted by Gasteiger charge is 2.21. The molecule has 2 atom stereocenters. The lowest BCUT2D eigenvalue weighted by Gasteiger charge is -2.25. The lowest BCUT2D eigenvalue weighted by atomic mass is 10.1. The van der Waals surface area contributed by atoms with Gasteiger partial charge in [-0.15, -0.1) is 0 Å². The van der Waals surface area contributed by atoms with E-state index in [0.29, 0.717) is 11.5 Å². The second-order valence-electron chi connectivity index (χ2n) is 6.42. The molecule has 2 heterocycles. The van der Waals surface area contributed by atoms with Gasteiger partial charge >= 0.3 is 0 Å². The summed E-state index contributed by atoms with van der Waals surface area (Å²) in [5, 5.41) is 21.3. The number of rotatable bonds is 5. The van der Waals surface area contributed by atoms with Crippen LogP contribution in [0.1, 0.15) is 36.7 Å². The summed E-state index contributed by atoms with van der Waals surface area (Å²) in [4.78, 5) is 8.89. The van der Waals surface area contributed by atoms with Crippen molar-refractivity contribution in [2.24, 2.45) is 4.99 Å². The SMILES string of the molecule is CCNC(=NCC(O)c1ccc(F)cc1)NC1CCc2nc(C)nn2C1. The molecule has 0 spiro atoms. The number of aromatic nitrogens is 3. The van der Waals surface area contributed by atoms with Gasteiger partial charge in [0.25, 0.3) is 0 Å². The Bertz CT molecular complexity index is 758. The topological polar surface area (TPSA) is 87.4 Å². The summed E-state index contributed by atoms with van der Waals surface area (Å²) >= 11 is 0. The Morgan fingerprint density at radius 2 is 2.19 bits per heavy atom. The maximum absolute atomic E-state index is 13.0. The van der Waals surface area contributed by atoms with E-state index >= 15 is 0 Å². The molecule has 0 bridgehead atoms. The number of hydrogen-bond acceptors (Lipinski definition) is 4. The lowest BCUT2D eigenvalue weighted by molar-refractivity contribution is 0.187. The van der Waals surface area contributed by atoms with Crippen LogP contribution in [0.25, 0.3) is 0 Å². The monoisotopic (exact) mass is 360 g/mol. The molecule has 1 aromatic carbocycles. The predicted molar refractivity (Wildman–Crippen MR) is 97.3 cm³/mol. The summed E-state index contributed by atoms with van der Waals surface area (Å²) in [6.07, 6.45) is 1.04. The molecule has 0 radical (unpaired) electrons. The molecule has 0 amide bonds. The van der Waals surface area contributed by atoms with E-state index in [-0.39, 0.29) is 18.4 Å². The molecular weight excluding hydrogens is 335 g/mol. The third-order valence-electron chi connectivity index (χ3n) is 4.33. The number of nitrogens with one attached hydrogen (secondary N) is 2. The first-order valence-electron chi connectivity index (χ1n) is 8.94. The van der Waals surface area contributed by atoms with Crippen LogP contribution >= 0.6 is 0 Å². The van der Waals surface area contributed by atoms with E-state index < -0.39 is 6.10 Å². The Labute approximate surface area is 152 Å². The molecule has 2 unspecified atom stereocenters. The number of benzene rings is 1. The van der Waals surface area contributed by atoms with Crippen molar-refractivity contribution in [2.75, 3.05) is 13.1 Å². The molecule has 1 aliphatic rings. The van der Waals surface area contributed by atoms with Crippen molar-refractivity contribution in [1.29, 1.82) is 0 Å². The zero-order valence-electron chi connectivity index (χ0n) is 15.1. The highest BCUT2D eigenvalue weighted by molar-refractivity contribution is 5.80. The van der Waals surface area contributed by atoms with Gasteiger partial charge in [0.1, 0.15) is 17.5 Å². The van der Waals surface area contributed by atoms with Gasteiger partial charge in [-0.3, -0.25) is 4.99 Å². The Kier molecular flexibility index (Phi) is 5.82. The van der Waals surface area contributed by atoms with Crippen molar-refractivity contribution < 1.29 is 9.50 Å². The summed E-state index contributed by atoms with van der Waals surface area (Å²) in [6, 6.07) is 6.03. The molecule has 26 heavy (non-hydrogen) atoms. The van der Waals surface area contributed by atoms with Gasteiger partial charge in [0.2, 0.25) is 0 Å². The van der Waals surface area contributed by atoms with Crippen LogP contribution in [0.15, 0.2) is 29.3 Å². The first kappa shape index (κ1) is 18.3. The van der Waals surface area contributed by atoms with Crippen LogP contribution in [-0.4, -0.2) is 45.0 Å². The number of aliphatic imine (C=N–C) groups is 1. The van der Waals surface area contributed by atoms with Crippen molar-refractivity contribution in [3.05, 3.63) is 47.3 Å². The Balaban J connectivity index is 1.61. The number of hydrogen-bond donors (Lipinski definition) is 3. The van der Waals surface area contributed by atoms with E-state index in [1.54, 1.807) is 12.1 Å². The van der Waals surface area contributed by atoms with Crippen LogP contribution in [0.5, 0.6) is 0 Å². The second kappa shape index (κ2) is 8.27. The van der Waals surface area contributed by atoms with E-state index in [2.05, 4.69) is 25.7 Å². The number of guanidine groups is 1. The maximum atomic E-state index is 13.0. The number of fused-ring (bicyclic) bond motifs is 1. The fourth-order valence-electron chi connectivity index (χ4n) is 3.03. The minimum atomic E-state index is -0.776. The highest BCUT2D eigenvalue weighted by Crippen LogP contribution is 2.15. The largest absolute Gasteiger partial charge is 0.386 e. The number of aliphatic hydroxyl groups excluding tert-OH is 1. The number of nitrogens with zero attached hydrogens (tertiary/aromatic N) is 4. The molecule has 1 aliphatic heterocycles. The Hall–Kier alpha value is -2.48. The lowest BCUT2D eigenvalue weighted by Crippen LogP contribution is -2.47. The zero-order chi connectivity index (χ0) is 18.5. The normalized spacial score (nSPS) is 18.3. The minimum absolute atomic E-state index is 0.196. The predicted octanol–water partition coefficient (Wildman–Crippen LogP) is 1.33. The van der Waals surface area contributed by atoms with Crippen molar-refractivity contribution in [3.8, 4) is 0 Å². The molecule has 3 rings (SSSR count). The van der Waals surface area contributed by atoms with Crippen LogP contribution < -0.4 is 10.6 Å². The molecule has 0 saturated carbocycles. The van der Waals surface area contributed by atoms with Gasteiger partial charge in [-0.2, -0.15) is 5.10 Å². The summed E-state index contributed by atoms with van der Waals surface area (Å²) in [7, 11) is 0. The molecule has 7 nitrogen and oxygen atoms in total. The van der Waals surface area contributed by atoms with Gasteiger partial charge in [-0.1, -0.05) is 12.1 Å². The van der Waals surface area contributed by atoms with Gasteiger partial charge in [0.05, 0.1) is 19.2 Å². The fraction of sp³-hybridized carbons (Fsp3) is 0.500. The molecule has 140 valence electrons. The molecule has 2 aromatic rings. The molecule has 3 N–H and O–H groups in total. The van der Waals surface area contributed by atoms with Crippen LogP contribution in [0, 0.1) is 12.7 Å². The van der Waals surface area contributed by atoms with E-state index in [0.717, 1.165) is 37.6 Å². The van der Waals surface area contributed by atoms with Crippen molar-refractivity contribution >= 4 is 5.96 Å². The van der Waals surface area contributed by atoms with E-state index in [1.165, 1.54) is 12.1 Å². The summed E-state index contributed by atoms with van der Waals surface area (Å²) < 4.78 is 14.9. The van der Waals surface area contributed by atoms with Gasteiger partial charge in [0.15, 0.2) is 5.96 Å². The standard InChI is InChI=1S/C18H25FN6O/c1-3-20-18(21-10-16(26)13-4-6-14(19)7-5-13)23-15-8-9-17-22-12(2)24-25(17)11-15/h4-7,15-16,26H,3,8-11H2,1-2H3,(H2,20,21,23). The van der Waals surface area contributed by atoms with Crippen LogP contribution in [0.4, 0.5) is 4.39 Å². The molecule has 0 aliphatic carbocycles. The first-order chi connectivity index (χ1) is 12.5. The van der Waals surface area contributed by atoms with Crippen molar-refractivity contribution in [1.82, 2.24) is 25.4 Å². The molecule has 1 aromatic heterocycles. The van der Waals surface area contributed by atoms with E-state index in [1.807, 2.05) is 18.5 Å². The average molecular weight is 360 g/mol. The Morgan fingerprint density at radius 3 is 2.92 bits per heavy atom. The minimum Gasteiger partial charge on any atom is -0.386 e. The van der Waals surface area contributed by atoms with Gasteiger partial charge in [-0.05, 0) is 38.0 Å². The third-order valence-corrected chi connectivity index (χ3v) is 4.33. The first-order valence-corrected chi connectivity index (χ1v) is 8.94. The summed E-state index contributed by atoms with van der Waals surface area (Å²) in [5.74, 6) is 2.15. The quantitative estimate of drug-likeness (QED) is 0.553. The van der Waals surface area contributed by atoms with Crippen LogP contribution in [-0.2, 0) is 13.0 Å². The maximum Gasteiger partial charge on any atom is 0.191 e. The van der Waals surface area contributed by atoms with Crippen LogP contribution in [0.3, 0.4) is 0 Å². The summed E-state index contributed by atoms with van der Waals surface area (Å²) in [6.45, 7) is 5.55. The zero-order valence-corrected chi connectivity index (χ0v) is 15.1. The van der Waals surface area contributed by atoms with Crippen molar-refractivity contribution in [2.45, 2.75) is 45.4 Å². The molecular formula is C18H25FN6O. The smallest absolute Gasteiger partial charge is 0.191 e. The van der Waals surface area contributed by atoms with Crippen molar-refractivity contribution in [3.63, 3.8) is 0 Å². The fourth-order valence-corrected chi connectivity index (χ4v) is 3.03. The molecule has 8 heteroatoms. The van der Waals surface area contributed by atoms with Gasteiger partial charge in [-0.25, -0.2) is 14.1 Å². The van der Waals surface area contributed by atoms with E-state index in [9.17, 15) is 9.50 Å². The van der Waals surface area contributed by atoms with Gasteiger partial charge in [0, 0.05) is 19.0 Å².